The largest absolute Gasteiger partial charge is 0.452 e. The normalized spacial score (nSPS) is 11.8. The molecule has 0 aliphatic heterocycles. The molecule has 0 aliphatic rings. The molecule has 0 N–H and O–H groups in total. The van der Waals surface area contributed by atoms with Crippen LogP contribution in [0.15, 0.2) is 65.1 Å². The van der Waals surface area contributed by atoms with Crippen LogP contribution < -0.4 is 0 Å². The smallest absolute Gasteiger partial charge is 0.374 e. The molecule has 4 nitrogen and oxygen atoms in total. The minimum absolute atomic E-state index is 0.00572. The Kier molecular flexibility index (Phi) is 5.24. The van der Waals surface area contributed by atoms with Crippen molar-refractivity contribution in [2.45, 2.75) is 20.0 Å². The number of Topliss-reactive ketones (excluding diaryl/α,β-unsaturated/α-hetero) is 1. The van der Waals surface area contributed by atoms with Crippen molar-refractivity contribution in [3.63, 3.8) is 0 Å². The van der Waals surface area contributed by atoms with Crippen LogP contribution in [0.2, 0.25) is 5.02 Å². The zero-order valence-corrected chi connectivity index (χ0v) is 15.1. The highest BCUT2D eigenvalue weighted by atomic mass is 35.5. The van der Waals surface area contributed by atoms with Crippen molar-refractivity contribution >= 4 is 23.4 Å². The summed E-state index contributed by atoms with van der Waals surface area (Å²) in [5.41, 5.74) is 2.12. The van der Waals surface area contributed by atoms with Crippen LogP contribution in [0.5, 0.6) is 0 Å². The van der Waals surface area contributed by atoms with Crippen LogP contribution in [0.1, 0.15) is 46.4 Å². The van der Waals surface area contributed by atoms with Gasteiger partial charge in [0.2, 0.25) is 5.76 Å². The average Bonchev–Trinajstić information content (AvgIpc) is 3.12. The summed E-state index contributed by atoms with van der Waals surface area (Å²) in [5, 5.41) is 0.540. The van der Waals surface area contributed by atoms with Gasteiger partial charge in [-0.2, -0.15) is 0 Å². The molecule has 0 unspecified atom stereocenters. The summed E-state index contributed by atoms with van der Waals surface area (Å²) >= 11 is 6.13. The standard InChI is InChI=1S/C21H17ClO4/c1-13(23)15-7-9-16(10-8-15)19-11-12-20(26-19)21(24)25-14(2)17-5-3-4-6-18(17)22/h3-12,14H,1-2H3/t14-/m1/s1. The predicted octanol–water partition coefficient (Wildman–Crippen LogP) is 5.72. The third kappa shape index (κ3) is 3.86. The molecule has 0 radical (unpaired) electrons. The Morgan fingerprint density at radius 3 is 2.35 bits per heavy atom. The van der Waals surface area contributed by atoms with E-state index in [1.165, 1.54) is 6.92 Å². The SMILES string of the molecule is CC(=O)c1ccc(-c2ccc(C(=O)O[C@H](C)c3ccccc3Cl)o2)cc1. The molecule has 0 spiro atoms. The molecule has 0 fully saturated rings. The van der Waals surface area contributed by atoms with Crippen molar-refractivity contribution in [1.82, 2.24) is 0 Å². The van der Waals surface area contributed by atoms with Gasteiger partial charge in [0.15, 0.2) is 5.78 Å². The van der Waals surface area contributed by atoms with E-state index in [2.05, 4.69) is 0 Å². The van der Waals surface area contributed by atoms with Crippen molar-refractivity contribution in [2.75, 3.05) is 0 Å². The topological polar surface area (TPSA) is 56.5 Å². The Hall–Kier alpha value is -2.85. The van der Waals surface area contributed by atoms with E-state index in [-0.39, 0.29) is 11.5 Å². The summed E-state index contributed by atoms with van der Waals surface area (Å²) in [6.07, 6.45) is -0.500. The molecule has 5 heteroatoms. The Labute approximate surface area is 156 Å². The maximum Gasteiger partial charge on any atom is 0.374 e. The molecule has 132 valence electrons. The summed E-state index contributed by atoms with van der Waals surface area (Å²) < 4.78 is 11.0. The van der Waals surface area contributed by atoms with Crippen LogP contribution in [0.4, 0.5) is 0 Å². The molecular weight excluding hydrogens is 352 g/mol. The fourth-order valence-electron chi connectivity index (χ4n) is 2.56. The van der Waals surface area contributed by atoms with Crippen LogP contribution in [0.25, 0.3) is 11.3 Å². The minimum Gasteiger partial charge on any atom is -0.452 e. The predicted molar refractivity (Wildman–Crippen MR) is 99.4 cm³/mol. The van der Waals surface area contributed by atoms with Crippen LogP contribution in [0.3, 0.4) is 0 Å². The van der Waals surface area contributed by atoms with E-state index in [1.54, 1.807) is 49.4 Å². The number of ketones is 1. The van der Waals surface area contributed by atoms with E-state index in [0.29, 0.717) is 16.3 Å². The quantitative estimate of drug-likeness (QED) is 0.427. The zero-order valence-electron chi connectivity index (χ0n) is 14.4. The van der Waals surface area contributed by atoms with E-state index in [9.17, 15) is 9.59 Å². The molecule has 0 amide bonds. The van der Waals surface area contributed by atoms with Gasteiger partial charge in [0.1, 0.15) is 11.9 Å². The number of rotatable bonds is 5. The van der Waals surface area contributed by atoms with Gasteiger partial charge < -0.3 is 9.15 Å². The van der Waals surface area contributed by atoms with Gasteiger partial charge >= 0.3 is 5.97 Å². The van der Waals surface area contributed by atoms with E-state index >= 15 is 0 Å². The highest BCUT2D eigenvalue weighted by Gasteiger charge is 2.19. The van der Waals surface area contributed by atoms with E-state index in [4.69, 9.17) is 20.8 Å². The lowest BCUT2D eigenvalue weighted by Crippen LogP contribution is -2.08. The van der Waals surface area contributed by atoms with Crippen LogP contribution in [-0.2, 0) is 4.74 Å². The fourth-order valence-corrected chi connectivity index (χ4v) is 2.85. The Morgan fingerprint density at radius 2 is 1.69 bits per heavy atom. The number of furan rings is 1. The molecule has 1 atom stereocenters. The Balaban J connectivity index is 1.73. The summed E-state index contributed by atoms with van der Waals surface area (Å²) in [6, 6.07) is 17.5. The van der Waals surface area contributed by atoms with Crippen molar-refractivity contribution in [2.24, 2.45) is 0 Å². The van der Waals surface area contributed by atoms with Crippen LogP contribution in [0, 0.1) is 0 Å². The molecule has 1 aromatic heterocycles. The van der Waals surface area contributed by atoms with Gasteiger partial charge in [-0.3, -0.25) is 4.79 Å². The van der Waals surface area contributed by atoms with Gasteiger partial charge in [-0.1, -0.05) is 54.1 Å². The number of carbonyl (C=O) groups excluding carboxylic acids is 2. The van der Waals surface area contributed by atoms with Gasteiger partial charge in [0, 0.05) is 21.7 Å². The number of hydrogen-bond donors (Lipinski definition) is 0. The van der Waals surface area contributed by atoms with Crippen LogP contribution >= 0.6 is 11.6 Å². The maximum absolute atomic E-state index is 12.3. The molecule has 0 bridgehead atoms. The summed E-state index contributed by atoms with van der Waals surface area (Å²) in [6.45, 7) is 3.26. The minimum atomic E-state index is -0.566. The van der Waals surface area contributed by atoms with Crippen molar-refractivity contribution in [3.05, 3.63) is 82.6 Å². The second-order valence-corrected chi connectivity index (χ2v) is 6.27. The van der Waals surface area contributed by atoms with Gasteiger partial charge in [-0.25, -0.2) is 4.79 Å². The lowest BCUT2D eigenvalue weighted by molar-refractivity contribution is 0.0302. The summed E-state index contributed by atoms with van der Waals surface area (Å²) in [7, 11) is 0. The summed E-state index contributed by atoms with van der Waals surface area (Å²) in [5.74, 6) is 0.0600. The monoisotopic (exact) mass is 368 g/mol. The lowest BCUT2D eigenvalue weighted by atomic mass is 10.1. The van der Waals surface area contributed by atoms with Gasteiger partial charge in [0.05, 0.1) is 0 Å². The third-order valence-corrected chi connectivity index (χ3v) is 4.35. The van der Waals surface area contributed by atoms with Gasteiger partial charge in [-0.15, -0.1) is 0 Å². The molecule has 3 rings (SSSR count). The van der Waals surface area contributed by atoms with Gasteiger partial charge in [0.25, 0.3) is 0 Å². The fraction of sp³-hybridized carbons (Fsp3) is 0.143. The first kappa shape index (κ1) is 18.0. The van der Waals surface area contributed by atoms with E-state index in [1.807, 2.05) is 18.2 Å². The van der Waals surface area contributed by atoms with Crippen molar-refractivity contribution in [1.29, 1.82) is 0 Å². The number of ether oxygens (including phenoxy) is 1. The molecular formula is C21H17ClO4. The number of carbonyl (C=O) groups is 2. The molecule has 0 saturated heterocycles. The van der Waals surface area contributed by atoms with E-state index < -0.39 is 12.1 Å². The van der Waals surface area contributed by atoms with Crippen molar-refractivity contribution in [3.8, 4) is 11.3 Å². The molecule has 3 aromatic rings. The molecule has 0 aliphatic carbocycles. The highest BCUT2D eigenvalue weighted by Crippen LogP contribution is 2.27. The zero-order chi connectivity index (χ0) is 18.7. The number of hydrogen-bond acceptors (Lipinski definition) is 4. The molecule has 26 heavy (non-hydrogen) atoms. The lowest BCUT2D eigenvalue weighted by Gasteiger charge is -2.13. The molecule has 2 aromatic carbocycles. The van der Waals surface area contributed by atoms with Crippen LogP contribution in [-0.4, -0.2) is 11.8 Å². The first-order valence-electron chi connectivity index (χ1n) is 8.12. The summed E-state index contributed by atoms with van der Waals surface area (Å²) in [4.78, 5) is 23.7. The number of halogens is 1. The second-order valence-electron chi connectivity index (χ2n) is 5.87. The highest BCUT2D eigenvalue weighted by molar-refractivity contribution is 6.31. The van der Waals surface area contributed by atoms with Crippen molar-refractivity contribution < 1.29 is 18.7 Å². The third-order valence-electron chi connectivity index (χ3n) is 4.01. The molecule has 1 heterocycles. The number of esters is 1. The Bertz CT molecular complexity index is 941. The van der Waals surface area contributed by atoms with E-state index in [0.717, 1.165) is 11.1 Å². The van der Waals surface area contributed by atoms with Gasteiger partial charge in [-0.05, 0) is 32.0 Å². The molecule has 0 saturated carbocycles. The second kappa shape index (κ2) is 7.58. The maximum atomic E-state index is 12.3. The number of benzene rings is 2. The first-order chi connectivity index (χ1) is 12.5. The average molecular weight is 369 g/mol. The first-order valence-corrected chi connectivity index (χ1v) is 8.50. The Morgan fingerprint density at radius 1 is 1.00 bits per heavy atom.